The third-order valence-corrected chi connectivity index (χ3v) is 2.54. The molecule has 1 aromatic heterocycles. The Hall–Kier alpha value is -1.41. The molecule has 1 heterocycles. The first-order valence-corrected chi connectivity index (χ1v) is 4.79. The largest absolute Gasteiger partial charge is 0.324 e. The van der Waals surface area contributed by atoms with Crippen molar-refractivity contribution in [2.75, 3.05) is 0 Å². The van der Waals surface area contributed by atoms with Crippen LogP contribution >= 0.6 is 0 Å². The van der Waals surface area contributed by atoms with E-state index in [1.807, 2.05) is 25.4 Å². The molecule has 2 N–H and O–H groups in total. The van der Waals surface area contributed by atoms with Gasteiger partial charge in [0.25, 0.3) is 0 Å². The molecule has 0 bridgehead atoms. The number of pyridine rings is 1. The average Bonchev–Trinajstić information content (AvgIpc) is 2.17. The van der Waals surface area contributed by atoms with E-state index in [1.54, 1.807) is 0 Å². The molecule has 1 aromatic carbocycles. The minimum atomic E-state index is 0.0705. The van der Waals surface area contributed by atoms with Crippen LogP contribution in [0.1, 0.15) is 24.1 Å². The third-order valence-electron chi connectivity index (χ3n) is 2.54. The Kier molecular flexibility index (Phi) is 2.22. The Morgan fingerprint density at radius 3 is 2.79 bits per heavy atom. The monoisotopic (exact) mass is 186 g/mol. The van der Waals surface area contributed by atoms with Crippen molar-refractivity contribution in [1.82, 2.24) is 4.98 Å². The molecular formula is C12H14N2. The van der Waals surface area contributed by atoms with Gasteiger partial charge in [0.15, 0.2) is 0 Å². The highest BCUT2D eigenvalue weighted by Crippen LogP contribution is 2.25. The highest BCUT2D eigenvalue weighted by molar-refractivity contribution is 5.86. The van der Waals surface area contributed by atoms with Gasteiger partial charge in [-0.2, -0.15) is 0 Å². The Balaban J connectivity index is 2.83. The minimum Gasteiger partial charge on any atom is -0.324 e. The molecular weight excluding hydrogens is 172 g/mol. The SMILES string of the molecule is Cc1ccc2cnccc2c1C(C)N. The fourth-order valence-corrected chi connectivity index (χ4v) is 1.91. The Morgan fingerprint density at radius 2 is 2.07 bits per heavy atom. The number of rotatable bonds is 1. The van der Waals surface area contributed by atoms with Crippen molar-refractivity contribution in [3.63, 3.8) is 0 Å². The normalized spacial score (nSPS) is 13.1. The number of benzene rings is 1. The molecule has 14 heavy (non-hydrogen) atoms. The first-order chi connectivity index (χ1) is 6.70. The Labute approximate surface area is 83.8 Å². The van der Waals surface area contributed by atoms with Gasteiger partial charge in [-0.1, -0.05) is 12.1 Å². The van der Waals surface area contributed by atoms with E-state index in [9.17, 15) is 0 Å². The highest BCUT2D eigenvalue weighted by atomic mass is 14.6. The minimum absolute atomic E-state index is 0.0705. The maximum Gasteiger partial charge on any atom is 0.0346 e. The summed E-state index contributed by atoms with van der Waals surface area (Å²) >= 11 is 0. The molecule has 0 saturated carbocycles. The lowest BCUT2D eigenvalue weighted by Crippen LogP contribution is -2.07. The van der Waals surface area contributed by atoms with Crippen LogP contribution in [0.3, 0.4) is 0 Å². The first kappa shape index (κ1) is 9.16. The van der Waals surface area contributed by atoms with E-state index >= 15 is 0 Å². The van der Waals surface area contributed by atoms with Crippen LogP contribution in [0, 0.1) is 6.92 Å². The van der Waals surface area contributed by atoms with E-state index in [4.69, 9.17) is 5.73 Å². The van der Waals surface area contributed by atoms with E-state index in [-0.39, 0.29) is 6.04 Å². The van der Waals surface area contributed by atoms with Gasteiger partial charge in [-0.3, -0.25) is 4.98 Å². The molecule has 0 radical (unpaired) electrons. The van der Waals surface area contributed by atoms with Gasteiger partial charge in [0.2, 0.25) is 0 Å². The quantitative estimate of drug-likeness (QED) is 0.743. The van der Waals surface area contributed by atoms with Crippen LogP contribution in [0.2, 0.25) is 0 Å². The van der Waals surface area contributed by atoms with Gasteiger partial charge in [0.05, 0.1) is 0 Å². The van der Waals surface area contributed by atoms with Crippen LogP contribution in [0.5, 0.6) is 0 Å². The number of hydrogen-bond donors (Lipinski definition) is 1. The van der Waals surface area contributed by atoms with Gasteiger partial charge in [0, 0.05) is 23.8 Å². The summed E-state index contributed by atoms with van der Waals surface area (Å²) in [6.45, 7) is 4.11. The number of nitrogens with zero attached hydrogens (tertiary/aromatic N) is 1. The summed E-state index contributed by atoms with van der Waals surface area (Å²) in [5, 5.41) is 2.38. The summed E-state index contributed by atoms with van der Waals surface area (Å²) in [7, 11) is 0. The summed E-state index contributed by atoms with van der Waals surface area (Å²) < 4.78 is 0. The summed E-state index contributed by atoms with van der Waals surface area (Å²) in [6, 6.07) is 6.29. The predicted molar refractivity (Wildman–Crippen MR) is 59.1 cm³/mol. The lowest BCUT2D eigenvalue weighted by Gasteiger charge is -2.12. The van der Waals surface area contributed by atoms with E-state index in [0.29, 0.717) is 0 Å². The molecule has 0 spiro atoms. The molecule has 0 aliphatic rings. The van der Waals surface area contributed by atoms with Crippen LogP contribution in [-0.4, -0.2) is 4.98 Å². The van der Waals surface area contributed by atoms with E-state index in [2.05, 4.69) is 24.0 Å². The lowest BCUT2D eigenvalue weighted by molar-refractivity contribution is 0.818. The predicted octanol–water partition coefficient (Wildman–Crippen LogP) is 2.56. The van der Waals surface area contributed by atoms with Crippen LogP contribution < -0.4 is 5.73 Å². The number of hydrogen-bond acceptors (Lipinski definition) is 2. The second kappa shape index (κ2) is 3.39. The number of fused-ring (bicyclic) bond motifs is 1. The van der Waals surface area contributed by atoms with Crippen molar-refractivity contribution in [2.45, 2.75) is 19.9 Å². The van der Waals surface area contributed by atoms with Crippen LogP contribution in [0.15, 0.2) is 30.6 Å². The zero-order chi connectivity index (χ0) is 10.1. The zero-order valence-corrected chi connectivity index (χ0v) is 8.49. The Morgan fingerprint density at radius 1 is 1.29 bits per heavy atom. The van der Waals surface area contributed by atoms with E-state index in [1.165, 1.54) is 16.5 Å². The molecule has 72 valence electrons. The second-order valence-electron chi connectivity index (χ2n) is 3.68. The molecule has 2 heteroatoms. The fourth-order valence-electron chi connectivity index (χ4n) is 1.91. The third kappa shape index (κ3) is 1.38. The smallest absolute Gasteiger partial charge is 0.0346 e. The molecule has 2 aromatic rings. The summed E-state index contributed by atoms with van der Waals surface area (Å²) in [5.74, 6) is 0. The van der Waals surface area contributed by atoms with Gasteiger partial charge in [-0.05, 0) is 36.4 Å². The number of nitrogens with two attached hydrogens (primary N) is 1. The molecule has 0 aliphatic heterocycles. The summed E-state index contributed by atoms with van der Waals surface area (Å²) in [6.07, 6.45) is 3.69. The van der Waals surface area contributed by atoms with Gasteiger partial charge in [-0.25, -0.2) is 0 Å². The maximum atomic E-state index is 5.96. The van der Waals surface area contributed by atoms with Crippen molar-refractivity contribution in [1.29, 1.82) is 0 Å². The second-order valence-corrected chi connectivity index (χ2v) is 3.68. The van der Waals surface area contributed by atoms with Crippen LogP contribution in [-0.2, 0) is 0 Å². The number of aromatic nitrogens is 1. The van der Waals surface area contributed by atoms with Crippen molar-refractivity contribution in [3.8, 4) is 0 Å². The van der Waals surface area contributed by atoms with Crippen molar-refractivity contribution >= 4 is 10.8 Å². The van der Waals surface area contributed by atoms with Crippen LogP contribution in [0.25, 0.3) is 10.8 Å². The lowest BCUT2D eigenvalue weighted by atomic mass is 9.97. The van der Waals surface area contributed by atoms with Gasteiger partial charge in [-0.15, -0.1) is 0 Å². The number of aryl methyl sites for hydroxylation is 1. The molecule has 0 amide bonds. The highest BCUT2D eigenvalue weighted by Gasteiger charge is 2.07. The molecule has 0 saturated heterocycles. The molecule has 1 unspecified atom stereocenters. The summed E-state index contributed by atoms with van der Waals surface area (Å²) in [4.78, 5) is 4.10. The fraction of sp³-hybridized carbons (Fsp3) is 0.250. The molecule has 0 aliphatic carbocycles. The van der Waals surface area contributed by atoms with E-state index in [0.717, 1.165) is 5.39 Å². The van der Waals surface area contributed by atoms with Gasteiger partial charge in [0.1, 0.15) is 0 Å². The zero-order valence-electron chi connectivity index (χ0n) is 8.49. The summed E-state index contributed by atoms with van der Waals surface area (Å²) in [5.41, 5.74) is 8.44. The first-order valence-electron chi connectivity index (χ1n) is 4.79. The van der Waals surface area contributed by atoms with Crippen molar-refractivity contribution in [3.05, 3.63) is 41.7 Å². The van der Waals surface area contributed by atoms with Gasteiger partial charge < -0.3 is 5.73 Å². The Bertz CT molecular complexity index is 461. The molecule has 1 atom stereocenters. The standard InChI is InChI=1S/C12H14N2/c1-8-3-4-10-7-14-6-5-11(10)12(8)9(2)13/h3-7,9H,13H2,1-2H3. The molecule has 0 fully saturated rings. The molecule has 2 rings (SSSR count). The van der Waals surface area contributed by atoms with Crippen molar-refractivity contribution in [2.24, 2.45) is 5.73 Å². The van der Waals surface area contributed by atoms with E-state index < -0.39 is 0 Å². The average molecular weight is 186 g/mol. The van der Waals surface area contributed by atoms with Gasteiger partial charge >= 0.3 is 0 Å². The topological polar surface area (TPSA) is 38.9 Å². The maximum absolute atomic E-state index is 5.96. The van der Waals surface area contributed by atoms with Crippen molar-refractivity contribution < 1.29 is 0 Å². The van der Waals surface area contributed by atoms with Crippen LogP contribution in [0.4, 0.5) is 0 Å². The molecule has 2 nitrogen and oxygen atoms in total.